The molecule has 1 saturated carbocycles. The summed E-state index contributed by atoms with van der Waals surface area (Å²) in [6.45, 7) is 3.08. The van der Waals surface area contributed by atoms with Crippen LogP contribution in [0.5, 0.6) is 0 Å². The highest BCUT2D eigenvalue weighted by Crippen LogP contribution is 2.38. The summed E-state index contributed by atoms with van der Waals surface area (Å²) in [5, 5.41) is 6.16. The van der Waals surface area contributed by atoms with Crippen LogP contribution in [0.1, 0.15) is 23.3 Å². The molecule has 0 aromatic carbocycles. The molecule has 0 atom stereocenters. The zero-order chi connectivity index (χ0) is 12.6. The Hall–Kier alpha value is -1.62. The lowest BCUT2D eigenvalue weighted by Crippen LogP contribution is -2.52. The monoisotopic (exact) mass is 246 g/mol. The van der Waals surface area contributed by atoms with Crippen molar-refractivity contribution in [3.8, 4) is 0 Å². The zero-order valence-corrected chi connectivity index (χ0v) is 10.6. The summed E-state index contributed by atoms with van der Waals surface area (Å²) in [7, 11) is 1.62. The molecule has 5 heteroatoms. The average molecular weight is 246 g/mol. The molecule has 0 unspecified atom stereocenters. The highest BCUT2D eigenvalue weighted by Gasteiger charge is 2.45. The zero-order valence-electron chi connectivity index (χ0n) is 10.6. The molecule has 1 aliphatic carbocycles. The Kier molecular flexibility index (Phi) is 2.70. The maximum absolute atomic E-state index is 11.4. The van der Waals surface area contributed by atoms with E-state index < -0.39 is 0 Å². The number of hydrogen-bond acceptors (Lipinski definition) is 4. The minimum Gasteiger partial charge on any atom is -0.367 e. The molecule has 2 aliphatic rings. The summed E-state index contributed by atoms with van der Waals surface area (Å²) in [5.41, 5.74) is 1.94. The van der Waals surface area contributed by atoms with E-state index in [1.54, 1.807) is 19.3 Å². The van der Waals surface area contributed by atoms with Crippen LogP contribution in [-0.2, 0) is 0 Å². The highest BCUT2D eigenvalue weighted by molar-refractivity contribution is 5.92. The summed E-state index contributed by atoms with van der Waals surface area (Å²) in [4.78, 5) is 18.0. The molecule has 1 spiro atoms. The second kappa shape index (κ2) is 4.24. The van der Waals surface area contributed by atoms with Gasteiger partial charge in [-0.05, 0) is 25.0 Å². The Morgan fingerprint density at radius 3 is 2.94 bits per heavy atom. The molecule has 0 radical (unpaired) electrons. The van der Waals surface area contributed by atoms with E-state index in [-0.39, 0.29) is 5.91 Å². The number of hydrogen-bond donors (Lipinski definition) is 2. The Labute approximate surface area is 107 Å². The van der Waals surface area contributed by atoms with Crippen molar-refractivity contribution < 1.29 is 4.79 Å². The maximum atomic E-state index is 11.4. The minimum absolute atomic E-state index is 0.138. The van der Waals surface area contributed by atoms with Gasteiger partial charge in [-0.15, -0.1) is 0 Å². The van der Waals surface area contributed by atoms with E-state index >= 15 is 0 Å². The summed E-state index contributed by atoms with van der Waals surface area (Å²) < 4.78 is 0. The molecule has 1 saturated heterocycles. The van der Waals surface area contributed by atoms with Gasteiger partial charge < -0.3 is 15.5 Å². The van der Waals surface area contributed by atoms with Gasteiger partial charge in [-0.3, -0.25) is 4.79 Å². The number of aromatic nitrogens is 1. The third-order valence-corrected chi connectivity index (χ3v) is 3.80. The van der Waals surface area contributed by atoms with Crippen molar-refractivity contribution in [2.24, 2.45) is 0 Å². The van der Waals surface area contributed by atoms with Gasteiger partial charge in [-0.1, -0.05) is 0 Å². The number of pyridine rings is 1. The number of carbonyl (C=O) groups excluding carboxylic acids is 1. The van der Waals surface area contributed by atoms with Crippen LogP contribution in [0.25, 0.3) is 0 Å². The largest absolute Gasteiger partial charge is 0.367 e. The van der Waals surface area contributed by atoms with Crippen molar-refractivity contribution in [1.29, 1.82) is 0 Å². The van der Waals surface area contributed by atoms with Gasteiger partial charge in [0.05, 0.1) is 11.9 Å². The van der Waals surface area contributed by atoms with Crippen molar-refractivity contribution in [1.82, 2.24) is 15.6 Å². The summed E-state index contributed by atoms with van der Waals surface area (Å²) in [5.74, 6) is -0.138. The van der Waals surface area contributed by atoms with Gasteiger partial charge in [0.25, 0.3) is 5.91 Å². The number of rotatable bonds is 2. The number of nitrogens with zero attached hydrogens (tertiary/aromatic N) is 2. The average Bonchev–Trinajstić information content (AvgIpc) is 3.17. The highest BCUT2D eigenvalue weighted by atomic mass is 16.1. The molecule has 3 rings (SSSR count). The fourth-order valence-electron chi connectivity index (χ4n) is 2.50. The van der Waals surface area contributed by atoms with E-state index in [0.717, 1.165) is 25.3 Å². The third kappa shape index (κ3) is 2.06. The van der Waals surface area contributed by atoms with Crippen LogP contribution in [0.4, 0.5) is 5.69 Å². The summed E-state index contributed by atoms with van der Waals surface area (Å²) >= 11 is 0. The Morgan fingerprint density at radius 1 is 1.50 bits per heavy atom. The molecule has 2 fully saturated rings. The van der Waals surface area contributed by atoms with Crippen LogP contribution in [0, 0.1) is 0 Å². The quantitative estimate of drug-likeness (QED) is 0.792. The Balaban J connectivity index is 1.74. The van der Waals surface area contributed by atoms with E-state index in [2.05, 4.69) is 20.5 Å². The maximum Gasteiger partial charge on any atom is 0.269 e. The number of piperazine rings is 1. The molecule has 18 heavy (non-hydrogen) atoms. The smallest absolute Gasteiger partial charge is 0.269 e. The number of nitrogens with one attached hydrogen (secondary N) is 2. The van der Waals surface area contributed by atoms with Crippen LogP contribution >= 0.6 is 0 Å². The summed E-state index contributed by atoms with van der Waals surface area (Å²) in [6, 6.07) is 3.77. The molecular weight excluding hydrogens is 228 g/mol. The first-order chi connectivity index (χ1) is 8.72. The van der Waals surface area contributed by atoms with Crippen LogP contribution in [0.3, 0.4) is 0 Å². The van der Waals surface area contributed by atoms with Gasteiger partial charge in [0, 0.05) is 32.2 Å². The SMILES string of the molecule is CNC(=O)c1ccc(N2CCNC3(CC3)C2)cn1. The van der Waals surface area contributed by atoms with Crippen molar-refractivity contribution >= 4 is 11.6 Å². The molecule has 1 aromatic heterocycles. The van der Waals surface area contributed by atoms with E-state index in [1.807, 2.05) is 6.07 Å². The molecule has 1 aromatic rings. The van der Waals surface area contributed by atoms with Crippen molar-refractivity contribution in [3.05, 3.63) is 24.0 Å². The minimum atomic E-state index is -0.138. The lowest BCUT2D eigenvalue weighted by Gasteiger charge is -2.35. The van der Waals surface area contributed by atoms with Crippen molar-refractivity contribution in [2.45, 2.75) is 18.4 Å². The molecule has 1 aliphatic heterocycles. The van der Waals surface area contributed by atoms with Gasteiger partial charge in [0.15, 0.2) is 0 Å². The van der Waals surface area contributed by atoms with Crippen LogP contribution < -0.4 is 15.5 Å². The van der Waals surface area contributed by atoms with Crippen LogP contribution in [0.2, 0.25) is 0 Å². The van der Waals surface area contributed by atoms with Gasteiger partial charge in [0.1, 0.15) is 5.69 Å². The first-order valence-electron chi connectivity index (χ1n) is 6.41. The molecule has 0 bridgehead atoms. The van der Waals surface area contributed by atoms with Gasteiger partial charge >= 0.3 is 0 Å². The normalized spacial score (nSPS) is 20.8. The van der Waals surface area contributed by atoms with Crippen molar-refractivity contribution in [2.75, 3.05) is 31.6 Å². The first-order valence-corrected chi connectivity index (χ1v) is 6.41. The molecule has 2 N–H and O–H groups in total. The predicted octanol–water partition coefficient (Wildman–Crippen LogP) is 0.383. The van der Waals surface area contributed by atoms with Gasteiger partial charge in [-0.25, -0.2) is 4.98 Å². The first kappa shape index (κ1) is 11.5. The topological polar surface area (TPSA) is 57.3 Å². The fourth-order valence-corrected chi connectivity index (χ4v) is 2.50. The van der Waals surface area contributed by atoms with E-state index in [9.17, 15) is 4.79 Å². The second-order valence-corrected chi connectivity index (χ2v) is 5.11. The lowest BCUT2D eigenvalue weighted by molar-refractivity contribution is 0.0958. The van der Waals surface area contributed by atoms with E-state index in [0.29, 0.717) is 11.2 Å². The molecular formula is C13H18N4O. The van der Waals surface area contributed by atoms with E-state index in [1.165, 1.54) is 12.8 Å². The predicted molar refractivity (Wildman–Crippen MR) is 69.8 cm³/mol. The van der Waals surface area contributed by atoms with Gasteiger partial charge in [-0.2, -0.15) is 0 Å². The Morgan fingerprint density at radius 2 is 2.33 bits per heavy atom. The standard InChI is InChI=1S/C13H18N4O/c1-14-12(18)11-3-2-10(8-15-11)17-7-6-16-13(9-17)4-5-13/h2-3,8,16H,4-7,9H2,1H3,(H,14,18). The van der Waals surface area contributed by atoms with Crippen LogP contribution in [-0.4, -0.2) is 43.1 Å². The molecule has 5 nitrogen and oxygen atoms in total. The lowest BCUT2D eigenvalue weighted by atomic mass is 10.1. The molecule has 1 amide bonds. The number of amides is 1. The van der Waals surface area contributed by atoms with Crippen LogP contribution in [0.15, 0.2) is 18.3 Å². The number of anilines is 1. The Bertz CT molecular complexity index is 453. The number of carbonyl (C=O) groups is 1. The van der Waals surface area contributed by atoms with E-state index in [4.69, 9.17) is 0 Å². The van der Waals surface area contributed by atoms with Crippen molar-refractivity contribution in [3.63, 3.8) is 0 Å². The van der Waals surface area contributed by atoms with Gasteiger partial charge in [0.2, 0.25) is 0 Å². The molecule has 96 valence electrons. The third-order valence-electron chi connectivity index (χ3n) is 3.80. The summed E-state index contributed by atoms with van der Waals surface area (Å²) in [6.07, 6.45) is 4.34. The second-order valence-electron chi connectivity index (χ2n) is 5.11. The molecule has 2 heterocycles. The fraction of sp³-hybridized carbons (Fsp3) is 0.538.